The summed E-state index contributed by atoms with van der Waals surface area (Å²) in [6.07, 6.45) is 3.10. The van der Waals surface area contributed by atoms with Crippen LogP contribution in [-0.2, 0) is 16.3 Å². The molecule has 0 spiro atoms. The van der Waals surface area contributed by atoms with Gasteiger partial charge in [-0.2, -0.15) is 0 Å². The number of carbonyl (C=O) groups excluding carboxylic acids is 1. The number of hydrogen-bond acceptors (Lipinski definition) is 7. The van der Waals surface area contributed by atoms with Crippen LogP contribution in [0.1, 0.15) is 15.9 Å². The Kier molecular flexibility index (Phi) is 6.66. The Morgan fingerprint density at radius 1 is 1.20 bits per heavy atom. The molecule has 0 aliphatic rings. The lowest BCUT2D eigenvalue weighted by molar-refractivity contribution is 0.102. The maximum absolute atomic E-state index is 12.6. The third kappa shape index (κ3) is 5.76. The summed E-state index contributed by atoms with van der Waals surface area (Å²) in [6, 6.07) is 11.0. The van der Waals surface area contributed by atoms with E-state index in [0.29, 0.717) is 34.2 Å². The number of sulfone groups is 1. The fourth-order valence-corrected chi connectivity index (χ4v) is 3.80. The number of carbonyl (C=O) groups is 1. The van der Waals surface area contributed by atoms with E-state index in [9.17, 15) is 18.3 Å². The van der Waals surface area contributed by atoms with E-state index in [4.69, 9.17) is 4.74 Å². The molecule has 2 aromatic carbocycles. The summed E-state index contributed by atoms with van der Waals surface area (Å²) in [4.78, 5) is 16.9. The highest BCUT2D eigenvalue weighted by atomic mass is 32.2. The zero-order valence-corrected chi connectivity index (χ0v) is 17.8. The van der Waals surface area contributed by atoms with Crippen molar-refractivity contribution < 1.29 is 23.1 Å². The minimum atomic E-state index is -3.31. The van der Waals surface area contributed by atoms with Gasteiger partial charge in [0, 0.05) is 23.4 Å². The molecule has 0 atom stereocenters. The standard InChI is InChI=1S/C21H20N2O5S2/c1-14(13-24)9-15-10-16(20(25)23-21-22-7-8-29-21)12-18(11-15)28-17-3-5-19(6-4-17)30(2,26)27/h3-8,10-12,24H,1,9,13H2,2H3,(H,22,23,25). The van der Waals surface area contributed by atoms with E-state index >= 15 is 0 Å². The highest BCUT2D eigenvalue weighted by molar-refractivity contribution is 7.90. The number of amides is 1. The minimum Gasteiger partial charge on any atom is -0.457 e. The van der Waals surface area contributed by atoms with E-state index in [0.717, 1.165) is 11.8 Å². The Morgan fingerprint density at radius 2 is 1.93 bits per heavy atom. The summed E-state index contributed by atoms with van der Waals surface area (Å²) in [5.41, 5.74) is 1.69. The van der Waals surface area contributed by atoms with Crippen LogP contribution in [0.15, 0.2) is 71.1 Å². The van der Waals surface area contributed by atoms with Gasteiger partial charge in [0.15, 0.2) is 15.0 Å². The van der Waals surface area contributed by atoms with E-state index in [2.05, 4.69) is 16.9 Å². The van der Waals surface area contributed by atoms with E-state index < -0.39 is 9.84 Å². The molecule has 0 saturated carbocycles. The number of aromatic nitrogens is 1. The van der Waals surface area contributed by atoms with Gasteiger partial charge in [-0.3, -0.25) is 10.1 Å². The molecule has 0 radical (unpaired) electrons. The molecule has 3 rings (SSSR count). The van der Waals surface area contributed by atoms with Gasteiger partial charge in [-0.25, -0.2) is 13.4 Å². The Morgan fingerprint density at radius 3 is 2.53 bits per heavy atom. The van der Waals surface area contributed by atoms with Crippen molar-refractivity contribution in [3.05, 3.63) is 77.3 Å². The molecule has 0 unspecified atom stereocenters. The number of nitrogens with zero attached hydrogens (tertiary/aromatic N) is 1. The largest absolute Gasteiger partial charge is 0.457 e. The quantitative estimate of drug-likeness (QED) is 0.514. The first kappa shape index (κ1) is 21.7. The topological polar surface area (TPSA) is 106 Å². The minimum absolute atomic E-state index is 0.168. The van der Waals surface area contributed by atoms with Crippen LogP contribution in [0.4, 0.5) is 5.13 Å². The van der Waals surface area contributed by atoms with Crippen molar-refractivity contribution in [2.24, 2.45) is 0 Å². The van der Waals surface area contributed by atoms with E-state index in [1.54, 1.807) is 41.9 Å². The molecule has 3 aromatic rings. The molecule has 7 nitrogen and oxygen atoms in total. The summed E-state index contributed by atoms with van der Waals surface area (Å²) in [5.74, 6) is 0.472. The second-order valence-corrected chi connectivity index (χ2v) is 9.50. The Bertz CT molecular complexity index is 1150. The van der Waals surface area contributed by atoms with Gasteiger partial charge < -0.3 is 9.84 Å². The summed E-state index contributed by atoms with van der Waals surface area (Å²) >= 11 is 1.30. The molecular formula is C21H20N2O5S2. The number of rotatable bonds is 8. The maximum Gasteiger partial charge on any atom is 0.257 e. The summed E-state index contributed by atoms with van der Waals surface area (Å²) in [5, 5.41) is 14.2. The first-order valence-electron chi connectivity index (χ1n) is 8.85. The zero-order valence-electron chi connectivity index (χ0n) is 16.2. The molecule has 0 fully saturated rings. The van der Waals surface area contributed by atoms with Gasteiger partial charge in [-0.15, -0.1) is 11.3 Å². The van der Waals surface area contributed by atoms with Crippen LogP contribution < -0.4 is 10.1 Å². The van der Waals surface area contributed by atoms with Crippen LogP contribution in [0.5, 0.6) is 11.5 Å². The molecule has 0 aliphatic heterocycles. The van der Waals surface area contributed by atoms with Gasteiger partial charge in [-0.1, -0.05) is 6.58 Å². The Labute approximate surface area is 178 Å². The summed E-state index contributed by atoms with van der Waals surface area (Å²) in [6.45, 7) is 3.63. The maximum atomic E-state index is 12.6. The molecular weight excluding hydrogens is 424 g/mol. The van der Waals surface area contributed by atoms with Crippen LogP contribution in [0.25, 0.3) is 0 Å². The van der Waals surface area contributed by atoms with Crippen LogP contribution in [-0.4, -0.2) is 37.3 Å². The van der Waals surface area contributed by atoms with Crippen molar-refractivity contribution in [3.8, 4) is 11.5 Å². The lowest BCUT2D eigenvalue weighted by atomic mass is 10.0. The fourth-order valence-electron chi connectivity index (χ4n) is 2.64. The second kappa shape index (κ2) is 9.21. The molecule has 156 valence electrons. The van der Waals surface area contributed by atoms with Crippen molar-refractivity contribution in [1.29, 1.82) is 0 Å². The van der Waals surface area contributed by atoms with Crippen LogP contribution in [0.3, 0.4) is 0 Å². The van der Waals surface area contributed by atoms with Crippen LogP contribution >= 0.6 is 11.3 Å². The molecule has 1 amide bonds. The molecule has 9 heteroatoms. The normalized spacial score (nSPS) is 11.1. The van der Waals surface area contributed by atoms with Gasteiger partial charge in [-0.05, 0) is 60.0 Å². The highest BCUT2D eigenvalue weighted by Crippen LogP contribution is 2.27. The summed E-state index contributed by atoms with van der Waals surface area (Å²) < 4.78 is 29.1. The average molecular weight is 445 g/mol. The number of hydrogen-bond donors (Lipinski definition) is 2. The highest BCUT2D eigenvalue weighted by Gasteiger charge is 2.13. The lowest BCUT2D eigenvalue weighted by Crippen LogP contribution is -2.12. The smallest absolute Gasteiger partial charge is 0.257 e. The van der Waals surface area contributed by atoms with Crippen molar-refractivity contribution >= 4 is 32.2 Å². The molecule has 1 aromatic heterocycles. The number of aliphatic hydroxyl groups excluding tert-OH is 1. The number of ether oxygens (including phenoxy) is 1. The molecule has 0 saturated heterocycles. The fraction of sp³-hybridized carbons (Fsp3) is 0.143. The van der Waals surface area contributed by atoms with Gasteiger partial charge in [0.05, 0.1) is 11.5 Å². The van der Waals surface area contributed by atoms with Crippen molar-refractivity contribution in [1.82, 2.24) is 4.98 Å². The van der Waals surface area contributed by atoms with E-state index in [1.807, 2.05) is 0 Å². The first-order chi connectivity index (χ1) is 14.2. The monoisotopic (exact) mass is 444 g/mol. The zero-order chi connectivity index (χ0) is 21.7. The molecule has 1 heterocycles. The van der Waals surface area contributed by atoms with E-state index in [-0.39, 0.29) is 17.4 Å². The van der Waals surface area contributed by atoms with Crippen molar-refractivity contribution in [2.45, 2.75) is 11.3 Å². The van der Waals surface area contributed by atoms with E-state index in [1.165, 1.54) is 23.5 Å². The Balaban J connectivity index is 1.89. The van der Waals surface area contributed by atoms with Gasteiger partial charge in [0.1, 0.15) is 11.5 Å². The van der Waals surface area contributed by atoms with Crippen LogP contribution in [0.2, 0.25) is 0 Å². The SMILES string of the molecule is C=C(CO)Cc1cc(Oc2ccc(S(C)(=O)=O)cc2)cc(C(=O)Nc2nccs2)c1. The number of anilines is 1. The molecule has 0 aliphatic carbocycles. The number of aliphatic hydroxyl groups is 1. The van der Waals surface area contributed by atoms with Crippen molar-refractivity contribution in [3.63, 3.8) is 0 Å². The van der Waals surface area contributed by atoms with Gasteiger partial charge in [0.2, 0.25) is 0 Å². The first-order valence-corrected chi connectivity index (χ1v) is 11.6. The summed E-state index contributed by atoms with van der Waals surface area (Å²) in [7, 11) is -3.31. The number of nitrogens with one attached hydrogen (secondary N) is 1. The molecule has 2 N–H and O–H groups in total. The van der Waals surface area contributed by atoms with Gasteiger partial charge in [0.25, 0.3) is 5.91 Å². The van der Waals surface area contributed by atoms with Gasteiger partial charge >= 0.3 is 0 Å². The Hall–Kier alpha value is -3.01. The third-order valence-corrected chi connectivity index (χ3v) is 5.86. The third-order valence-electron chi connectivity index (χ3n) is 4.05. The predicted octanol–water partition coefficient (Wildman–Crippen LogP) is 3.68. The molecule has 0 bridgehead atoms. The second-order valence-electron chi connectivity index (χ2n) is 6.59. The number of benzene rings is 2. The molecule has 30 heavy (non-hydrogen) atoms. The van der Waals surface area contributed by atoms with Crippen LogP contribution in [0, 0.1) is 0 Å². The average Bonchev–Trinajstić information content (AvgIpc) is 3.20. The number of thiazole rings is 1. The lowest BCUT2D eigenvalue weighted by Gasteiger charge is -2.12. The van der Waals surface area contributed by atoms with Crippen molar-refractivity contribution in [2.75, 3.05) is 18.2 Å². The predicted molar refractivity (Wildman–Crippen MR) is 116 cm³/mol.